The van der Waals surface area contributed by atoms with Gasteiger partial charge < -0.3 is 47.7 Å². The van der Waals surface area contributed by atoms with Gasteiger partial charge in [-0.25, -0.2) is 0 Å². The van der Waals surface area contributed by atoms with E-state index >= 15 is 0 Å². The molecule has 0 radical (unpaired) electrons. The maximum Gasteiger partial charge on any atom is 0.311 e. The van der Waals surface area contributed by atoms with E-state index < -0.39 is 17.5 Å². The van der Waals surface area contributed by atoms with E-state index in [1.165, 1.54) is 44.9 Å². The Labute approximate surface area is 384 Å². The summed E-state index contributed by atoms with van der Waals surface area (Å²) in [6, 6.07) is 0. The maximum absolute atomic E-state index is 12.7. The van der Waals surface area contributed by atoms with E-state index in [0.717, 1.165) is 59.6 Å². The number of ether oxygens (including phenoxy) is 9. The maximum atomic E-state index is 12.7. The fourth-order valence-corrected chi connectivity index (χ4v) is 8.17. The summed E-state index contributed by atoms with van der Waals surface area (Å²) in [6.45, 7) is 24.5. The first-order valence-electron chi connectivity index (χ1n) is 24.1. The minimum absolute atomic E-state index is 0.155. The van der Waals surface area contributed by atoms with Gasteiger partial charge in [-0.1, -0.05) is 84.2 Å². The fraction of sp³-hybridized carbons (Fsp3) is 0.837. The first kappa shape index (κ1) is 57.1. The molecule has 15 heteroatoms. The van der Waals surface area contributed by atoms with Crippen LogP contribution in [0, 0.1) is 44.4 Å². The normalized spacial score (nSPS) is 17.3. The van der Waals surface area contributed by atoms with E-state index in [9.17, 15) is 9.59 Å². The zero-order valence-corrected chi connectivity index (χ0v) is 40.9. The van der Waals surface area contributed by atoms with Crippen molar-refractivity contribution >= 4 is 11.9 Å². The molecule has 0 aromatic heterocycles. The molecule has 0 fully saturated rings. The highest BCUT2D eigenvalue weighted by molar-refractivity contribution is 5.79. The Hall–Kier alpha value is -3.01. The molecule has 1 aliphatic rings. The first-order chi connectivity index (χ1) is 30.8. The zero-order chi connectivity index (χ0) is 47.0. The molecule has 0 amide bonds. The van der Waals surface area contributed by atoms with Crippen molar-refractivity contribution in [2.45, 2.75) is 144 Å². The van der Waals surface area contributed by atoms with Crippen LogP contribution >= 0.6 is 0 Å². The third-order valence-electron chi connectivity index (χ3n) is 12.7. The molecule has 0 aliphatic carbocycles. The van der Waals surface area contributed by atoms with Crippen LogP contribution in [0.3, 0.4) is 0 Å². The molecule has 1 N–H and O–H groups in total. The lowest BCUT2D eigenvalue weighted by Gasteiger charge is -2.48. The summed E-state index contributed by atoms with van der Waals surface area (Å²) in [5.41, 5.74) is 11.5. The number of unbranched alkanes of at least 4 members (excludes halogenated alkanes) is 2. The number of aliphatic carboxylic acids is 1. The van der Waals surface area contributed by atoms with E-state index in [-0.39, 0.29) is 18.8 Å². The lowest BCUT2D eigenvalue weighted by molar-refractivity contribution is -0.142. The monoisotopic (exact) mass is 908 g/mol. The molecule has 15 nitrogen and oxygen atoms in total. The Morgan fingerprint density at radius 2 is 1.20 bits per heavy atom. The Bertz CT molecular complexity index is 1490. The molecular formula is C49H85N3O12. The van der Waals surface area contributed by atoms with Crippen LogP contribution in [0.15, 0.2) is 5.11 Å². The largest absolute Gasteiger partial charge is 0.486 e. The molecule has 0 spiro atoms. The van der Waals surface area contributed by atoms with Gasteiger partial charge in [-0.3, -0.25) is 9.59 Å². The number of fused-ring (bicyclic) bond motifs is 1. The van der Waals surface area contributed by atoms with E-state index in [0.29, 0.717) is 117 Å². The third kappa shape index (κ3) is 22.9. The number of rotatable bonds is 40. The smallest absolute Gasteiger partial charge is 0.311 e. The van der Waals surface area contributed by atoms with Crippen LogP contribution in [-0.4, -0.2) is 122 Å². The standard InChI is InChI=1S/C49H85N3O12/c1-9-10-11-13-37(2)14-12-15-38(3)16-17-39(4)49(8)43(36-44-42(7)47(40(5)41(6)48(44)64-49)63-46(55)19-18-45(53)54)20-22-56-24-26-58-28-30-60-32-34-62-35-33-61-31-29-59-27-25-57-23-21-51-52-50/h37-39,43H,9-36H2,1-8H3,(H,53,54)/t37-,38-,39?,43?,49-/m1/s1. The van der Waals surface area contributed by atoms with Gasteiger partial charge in [-0.2, -0.15) is 0 Å². The van der Waals surface area contributed by atoms with Gasteiger partial charge in [0.2, 0.25) is 0 Å². The SMILES string of the molecule is CCCCC[C@@H](C)CCC[C@@H](C)CCC(C)[C@@]1(C)Oc2c(C)c(C)c(OC(=O)CCC(=O)O)c(C)c2CC1CCOCCOCCOCCOCCOCCOCCOCCN=[N+]=[N-]. The number of benzene rings is 1. The van der Waals surface area contributed by atoms with E-state index in [1.807, 2.05) is 20.8 Å². The van der Waals surface area contributed by atoms with Crippen LogP contribution in [-0.2, 0) is 49.2 Å². The highest BCUT2D eigenvalue weighted by Crippen LogP contribution is 2.49. The third-order valence-corrected chi connectivity index (χ3v) is 12.7. The predicted octanol–water partition coefficient (Wildman–Crippen LogP) is 9.95. The number of hydrogen-bond donors (Lipinski definition) is 1. The van der Waals surface area contributed by atoms with E-state index in [4.69, 9.17) is 53.3 Å². The van der Waals surface area contributed by atoms with Crippen LogP contribution < -0.4 is 9.47 Å². The van der Waals surface area contributed by atoms with Crippen molar-refractivity contribution in [3.05, 3.63) is 32.7 Å². The lowest BCUT2D eigenvalue weighted by atomic mass is 9.70. The van der Waals surface area contributed by atoms with Crippen molar-refractivity contribution in [3.63, 3.8) is 0 Å². The summed E-state index contributed by atoms with van der Waals surface area (Å²) in [5.74, 6) is 1.71. The molecule has 0 bridgehead atoms. The molecule has 1 heterocycles. The van der Waals surface area contributed by atoms with Crippen molar-refractivity contribution in [1.82, 2.24) is 0 Å². The van der Waals surface area contributed by atoms with Gasteiger partial charge in [0.05, 0.1) is 98.7 Å². The van der Waals surface area contributed by atoms with Crippen LogP contribution in [0.5, 0.6) is 11.5 Å². The van der Waals surface area contributed by atoms with Crippen LogP contribution in [0.25, 0.3) is 10.4 Å². The van der Waals surface area contributed by atoms with E-state index in [2.05, 4.69) is 44.6 Å². The van der Waals surface area contributed by atoms with Gasteiger partial charge in [-0.05, 0) is 86.9 Å². The molecule has 64 heavy (non-hydrogen) atoms. The molecule has 1 aromatic rings. The van der Waals surface area contributed by atoms with Crippen LogP contribution in [0.2, 0.25) is 0 Å². The van der Waals surface area contributed by atoms with Crippen molar-refractivity contribution in [2.75, 3.05) is 99.0 Å². The first-order valence-corrected chi connectivity index (χ1v) is 24.1. The molecular weight excluding hydrogens is 823 g/mol. The second kappa shape index (κ2) is 34.3. The second-order valence-electron chi connectivity index (χ2n) is 17.7. The summed E-state index contributed by atoms with van der Waals surface area (Å²) in [6.07, 6.45) is 12.5. The topological polar surface area (TPSA) is 186 Å². The highest BCUT2D eigenvalue weighted by Gasteiger charge is 2.46. The lowest BCUT2D eigenvalue weighted by Crippen LogP contribution is -2.51. The molecule has 2 rings (SSSR count). The van der Waals surface area contributed by atoms with Crippen LogP contribution in [0.1, 0.15) is 134 Å². The summed E-state index contributed by atoms with van der Waals surface area (Å²) in [4.78, 5) is 26.5. The number of hydrogen-bond acceptors (Lipinski definition) is 12. The van der Waals surface area contributed by atoms with Gasteiger partial charge >= 0.3 is 11.9 Å². The number of carboxylic acid groups (broad SMARTS) is 1. The van der Waals surface area contributed by atoms with Gasteiger partial charge in [-0.15, -0.1) is 0 Å². The molecule has 1 aliphatic heterocycles. The average molecular weight is 908 g/mol. The van der Waals surface area contributed by atoms with Gasteiger partial charge in [0.25, 0.3) is 0 Å². The van der Waals surface area contributed by atoms with Crippen molar-refractivity contribution < 1.29 is 57.3 Å². The predicted molar refractivity (Wildman–Crippen MR) is 248 cm³/mol. The number of carbonyl (C=O) groups excluding carboxylic acids is 1. The minimum atomic E-state index is -1.03. The Morgan fingerprint density at radius 3 is 1.72 bits per heavy atom. The number of carbonyl (C=O) groups is 2. The van der Waals surface area contributed by atoms with Crippen molar-refractivity contribution in [2.24, 2.45) is 28.8 Å². The Balaban J connectivity index is 1.82. The molecule has 0 saturated heterocycles. The van der Waals surface area contributed by atoms with Gasteiger partial charge in [0.1, 0.15) is 17.1 Å². The average Bonchev–Trinajstić information content (AvgIpc) is 3.27. The molecule has 1 aromatic carbocycles. The summed E-state index contributed by atoms with van der Waals surface area (Å²) >= 11 is 0. The zero-order valence-electron chi connectivity index (χ0n) is 40.9. The summed E-state index contributed by atoms with van der Waals surface area (Å²) in [7, 11) is 0. The molecule has 2 unspecified atom stereocenters. The molecule has 0 saturated carbocycles. The van der Waals surface area contributed by atoms with Gasteiger partial charge in [0.15, 0.2) is 0 Å². The number of azide groups is 1. The Kier molecular flexibility index (Phi) is 30.6. The second-order valence-corrected chi connectivity index (χ2v) is 17.7. The van der Waals surface area contributed by atoms with E-state index in [1.54, 1.807) is 0 Å². The number of carboxylic acids is 1. The Morgan fingerprint density at radius 1 is 0.703 bits per heavy atom. The fourth-order valence-electron chi connectivity index (χ4n) is 8.17. The van der Waals surface area contributed by atoms with Gasteiger partial charge in [0, 0.05) is 29.5 Å². The summed E-state index contributed by atoms with van der Waals surface area (Å²) in [5, 5.41) is 12.5. The molecule has 368 valence electrons. The van der Waals surface area contributed by atoms with Crippen molar-refractivity contribution in [3.8, 4) is 11.5 Å². The minimum Gasteiger partial charge on any atom is -0.486 e. The van der Waals surface area contributed by atoms with Crippen LogP contribution in [0.4, 0.5) is 0 Å². The van der Waals surface area contributed by atoms with Crippen molar-refractivity contribution in [1.29, 1.82) is 0 Å². The number of nitrogens with zero attached hydrogens (tertiary/aromatic N) is 3. The highest BCUT2D eigenvalue weighted by atomic mass is 16.6. The number of esters is 1. The summed E-state index contributed by atoms with van der Waals surface area (Å²) < 4.78 is 52.3. The molecule has 5 atom stereocenters. The quantitative estimate of drug-likeness (QED) is 0.0164.